The number of fused-ring (bicyclic) bond motifs is 1. The van der Waals surface area contributed by atoms with Crippen LogP contribution in [0.3, 0.4) is 0 Å². The van der Waals surface area contributed by atoms with Gasteiger partial charge in [-0.2, -0.15) is 0 Å². The molecule has 96 valence electrons. The monoisotopic (exact) mass is 333 g/mol. The number of nitrogens with zero attached hydrogens (tertiary/aromatic N) is 2. The lowest BCUT2D eigenvalue weighted by atomic mass is 10.0. The average Bonchev–Trinajstić information content (AvgIpc) is 2.86. The summed E-state index contributed by atoms with van der Waals surface area (Å²) < 4.78 is 1.14. The zero-order valence-corrected chi connectivity index (χ0v) is 12.7. The fraction of sp³-hybridized carbons (Fsp3) is 0.143. The van der Waals surface area contributed by atoms with Crippen LogP contribution in [0.2, 0.25) is 0 Å². The van der Waals surface area contributed by atoms with Crippen molar-refractivity contribution >= 4 is 38.3 Å². The zero-order valence-electron chi connectivity index (χ0n) is 10.3. The smallest absolute Gasteiger partial charge is 0.0890 e. The van der Waals surface area contributed by atoms with Gasteiger partial charge in [-0.05, 0) is 52.1 Å². The maximum absolute atomic E-state index is 4.36. The van der Waals surface area contributed by atoms with E-state index in [4.69, 9.17) is 0 Å². The van der Waals surface area contributed by atoms with E-state index in [1.165, 1.54) is 10.4 Å². The zero-order chi connectivity index (χ0) is 13.2. The quantitative estimate of drug-likeness (QED) is 0.792. The molecule has 3 nitrogen and oxygen atoms in total. The number of thiophene rings is 1. The summed E-state index contributed by atoms with van der Waals surface area (Å²) in [5.41, 5.74) is 3.04. The van der Waals surface area contributed by atoms with E-state index in [1.807, 2.05) is 13.1 Å². The van der Waals surface area contributed by atoms with Gasteiger partial charge in [-0.25, -0.2) is 0 Å². The van der Waals surface area contributed by atoms with Gasteiger partial charge in [-0.3, -0.25) is 9.97 Å². The van der Waals surface area contributed by atoms with Crippen molar-refractivity contribution in [2.24, 2.45) is 0 Å². The molecule has 0 aliphatic rings. The lowest BCUT2D eigenvalue weighted by Crippen LogP contribution is -2.16. The molecule has 0 aliphatic carbocycles. The molecule has 0 saturated carbocycles. The Labute approximate surface area is 123 Å². The van der Waals surface area contributed by atoms with Crippen molar-refractivity contribution in [3.05, 3.63) is 57.0 Å². The van der Waals surface area contributed by atoms with E-state index < -0.39 is 0 Å². The third-order valence-corrected chi connectivity index (χ3v) is 4.96. The number of hydrogen-bond donors (Lipinski definition) is 1. The molecule has 0 amide bonds. The molecule has 2 aromatic heterocycles. The van der Waals surface area contributed by atoms with Crippen molar-refractivity contribution in [1.82, 2.24) is 15.3 Å². The standard InChI is InChI=1S/C14H12BrN3S/c1-16-13(14-10(15)4-7-19-14)9-2-3-11-12(8-9)18-6-5-17-11/h2-8,13,16H,1H3. The predicted octanol–water partition coefficient (Wildman–Crippen LogP) is 3.76. The summed E-state index contributed by atoms with van der Waals surface area (Å²) in [6, 6.07) is 8.45. The van der Waals surface area contributed by atoms with Crippen molar-refractivity contribution in [3.63, 3.8) is 0 Å². The summed E-state index contributed by atoms with van der Waals surface area (Å²) in [6.45, 7) is 0. The Bertz CT molecular complexity index is 710. The minimum Gasteiger partial charge on any atom is -0.309 e. The van der Waals surface area contributed by atoms with Crippen molar-refractivity contribution in [2.75, 3.05) is 7.05 Å². The summed E-state index contributed by atoms with van der Waals surface area (Å²) in [5.74, 6) is 0. The van der Waals surface area contributed by atoms with E-state index in [0.29, 0.717) is 0 Å². The minimum atomic E-state index is 0.167. The maximum Gasteiger partial charge on any atom is 0.0890 e. The van der Waals surface area contributed by atoms with Crippen molar-refractivity contribution < 1.29 is 0 Å². The SMILES string of the molecule is CNC(c1ccc2nccnc2c1)c1sccc1Br. The van der Waals surface area contributed by atoms with Gasteiger partial charge in [0.25, 0.3) is 0 Å². The first-order valence-electron chi connectivity index (χ1n) is 5.90. The van der Waals surface area contributed by atoms with Gasteiger partial charge in [-0.15, -0.1) is 11.3 Å². The minimum absolute atomic E-state index is 0.167. The first kappa shape index (κ1) is 12.7. The van der Waals surface area contributed by atoms with Crippen molar-refractivity contribution in [2.45, 2.75) is 6.04 Å². The Balaban J connectivity index is 2.09. The van der Waals surface area contributed by atoms with Gasteiger partial charge in [-0.1, -0.05) is 6.07 Å². The van der Waals surface area contributed by atoms with E-state index in [-0.39, 0.29) is 6.04 Å². The van der Waals surface area contributed by atoms with Crippen molar-refractivity contribution in [3.8, 4) is 0 Å². The van der Waals surface area contributed by atoms with E-state index in [2.05, 4.69) is 54.8 Å². The second-order valence-corrected chi connectivity index (χ2v) is 5.96. The molecule has 3 aromatic rings. The first-order valence-corrected chi connectivity index (χ1v) is 7.57. The summed E-state index contributed by atoms with van der Waals surface area (Å²) in [5, 5.41) is 5.45. The van der Waals surface area contributed by atoms with Crippen LogP contribution in [0.4, 0.5) is 0 Å². The third kappa shape index (κ3) is 2.41. The topological polar surface area (TPSA) is 37.8 Å². The molecule has 1 N–H and O–H groups in total. The van der Waals surface area contributed by atoms with E-state index >= 15 is 0 Å². The Morgan fingerprint density at radius 2 is 1.95 bits per heavy atom. The highest BCUT2D eigenvalue weighted by Gasteiger charge is 2.16. The van der Waals surface area contributed by atoms with Crippen LogP contribution >= 0.6 is 27.3 Å². The van der Waals surface area contributed by atoms with Gasteiger partial charge in [0.2, 0.25) is 0 Å². The number of hydrogen-bond acceptors (Lipinski definition) is 4. The molecule has 1 aromatic carbocycles. The Morgan fingerprint density at radius 1 is 1.16 bits per heavy atom. The van der Waals surface area contributed by atoms with Crippen LogP contribution in [0.1, 0.15) is 16.5 Å². The molecule has 0 bridgehead atoms. The fourth-order valence-electron chi connectivity index (χ4n) is 2.12. The highest BCUT2D eigenvalue weighted by atomic mass is 79.9. The molecule has 0 fully saturated rings. The molecule has 1 unspecified atom stereocenters. The molecule has 0 saturated heterocycles. The van der Waals surface area contributed by atoms with Gasteiger partial charge in [0.1, 0.15) is 0 Å². The lowest BCUT2D eigenvalue weighted by molar-refractivity contribution is 0.702. The Kier molecular flexibility index (Phi) is 3.59. The van der Waals surface area contributed by atoms with Crippen LogP contribution in [-0.4, -0.2) is 17.0 Å². The molecular weight excluding hydrogens is 322 g/mol. The average molecular weight is 334 g/mol. The molecule has 0 radical (unpaired) electrons. The van der Waals surface area contributed by atoms with Crippen LogP contribution < -0.4 is 5.32 Å². The normalized spacial score (nSPS) is 12.7. The van der Waals surface area contributed by atoms with E-state index in [9.17, 15) is 0 Å². The fourth-order valence-corrected chi connectivity index (χ4v) is 3.86. The van der Waals surface area contributed by atoms with Gasteiger partial charge >= 0.3 is 0 Å². The largest absolute Gasteiger partial charge is 0.309 e. The van der Waals surface area contributed by atoms with Crippen LogP contribution in [0.25, 0.3) is 11.0 Å². The number of aromatic nitrogens is 2. The summed E-state index contributed by atoms with van der Waals surface area (Å²) in [7, 11) is 1.97. The van der Waals surface area contributed by atoms with E-state index in [1.54, 1.807) is 23.7 Å². The molecule has 0 spiro atoms. The third-order valence-electron chi connectivity index (χ3n) is 3.02. The van der Waals surface area contributed by atoms with E-state index in [0.717, 1.165) is 15.5 Å². The lowest BCUT2D eigenvalue weighted by Gasteiger charge is -2.16. The van der Waals surface area contributed by atoms with Gasteiger partial charge in [0.05, 0.1) is 17.1 Å². The molecule has 19 heavy (non-hydrogen) atoms. The highest BCUT2D eigenvalue weighted by Crippen LogP contribution is 2.33. The van der Waals surface area contributed by atoms with Crippen LogP contribution in [0.15, 0.2) is 46.5 Å². The maximum atomic E-state index is 4.36. The second kappa shape index (κ2) is 5.36. The highest BCUT2D eigenvalue weighted by molar-refractivity contribution is 9.10. The first-order chi connectivity index (χ1) is 9.29. The molecule has 5 heteroatoms. The number of halogens is 1. The van der Waals surface area contributed by atoms with Gasteiger partial charge in [0.15, 0.2) is 0 Å². The predicted molar refractivity (Wildman–Crippen MR) is 82.5 cm³/mol. The number of benzene rings is 1. The summed E-state index contributed by atoms with van der Waals surface area (Å²) in [6.07, 6.45) is 3.44. The number of rotatable bonds is 3. The summed E-state index contributed by atoms with van der Waals surface area (Å²) in [4.78, 5) is 9.93. The van der Waals surface area contributed by atoms with Gasteiger partial charge < -0.3 is 5.32 Å². The van der Waals surface area contributed by atoms with Crippen LogP contribution in [0, 0.1) is 0 Å². The molecule has 0 aliphatic heterocycles. The molecule has 2 heterocycles. The summed E-state index contributed by atoms with van der Waals surface area (Å²) >= 11 is 5.33. The number of nitrogens with one attached hydrogen (secondary N) is 1. The molecule has 1 atom stereocenters. The van der Waals surface area contributed by atoms with Crippen molar-refractivity contribution in [1.29, 1.82) is 0 Å². The molecular formula is C14H12BrN3S. The molecule has 3 rings (SSSR count). The van der Waals surface area contributed by atoms with Crippen LogP contribution in [-0.2, 0) is 0 Å². The Hall–Kier alpha value is -1.30. The van der Waals surface area contributed by atoms with Gasteiger partial charge in [0, 0.05) is 21.7 Å². The Morgan fingerprint density at radius 3 is 2.63 bits per heavy atom. The van der Waals surface area contributed by atoms with Crippen LogP contribution in [0.5, 0.6) is 0 Å². The second-order valence-electron chi connectivity index (χ2n) is 4.16.